The van der Waals surface area contributed by atoms with Crippen molar-refractivity contribution in [1.82, 2.24) is 5.32 Å². The zero-order valence-corrected chi connectivity index (χ0v) is 9.45. The van der Waals surface area contributed by atoms with Crippen molar-refractivity contribution in [3.63, 3.8) is 0 Å². The molecule has 0 aliphatic carbocycles. The van der Waals surface area contributed by atoms with Crippen LogP contribution in [-0.4, -0.2) is 27.5 Å². The standard InChI is InChI=1S/C11H16N2O3/c1-13-5-10(14-2)7-3-8(12)11-9(4-7)15-6-16-11/h3-4,10,13H,5-6,12H2,1-2H3. The van der Waals surface area contributed by atoms with E-state index in [0.29, 0.717) is 17.2 Å². The van der Waals surface area contributed by atoms with Gasteiger partial charge in [0.25, 0.3) is 0 Å². The minimum atomic E-state index is -0.0400. The minimum absolute atomic E-state index is 0.0400. The maximum atomic E-state index is 5.88. The summed E-state index contributed by atoms with van der Waals surface area (Å²) >= 11 is 0. The molecule has 0 saturated heterocycles. The van der Waals surface area contributed by atoms with E-state index in [2.05, 4.69) is 5.32 Å². The van der Waals surface area contributed by atoms with Gasteiger partial charge in [-0.15, -0.1) is 0 Å². The van der Waals surface area contributed by atoms with Gasteiger partial charge in [0.1, 0.15) is 0 Å². The van der Waals surface area contributed by atoms with Gasteiger partial charge in [-0.2, -0.15) is 0 Å². The molecule has 1 aromatic carbocycles. The van der Waals surface area contributed by atoms with Crippen molar-refractivity contribution in [3.8, 4) is 11.5 Å². The van der Waals surface area contributed by atoms with Gasteiger partial charge in [-0.05, 0) is 24.7 Å². The van der Waals surface area contributed by atoms with E-state index in [4.69, 9.17) is 19.9 Å². The number of hydrogen-bond acceptors (Lipinski definition) is 5. The fourth-order valence-electron chi connectivity index (χ4n) is 1.77. The predicted octanol–water partition coefficient (Wildman–Crippen LogP) is 0.904. The van der Waals surface area contributed by atoms with Crippen LogP contribution >= 0.6 is 0 Å². The molecule has 2 rings (SSSR count). The summed E-state index contributed by atoms with van der Waals surface area (Å²) in [6, 6.07) is 3.77. The highest BCUT2D eigenvalue weighted by atomic mass is 16.7. The van der Waals surface area contributed by atoms with Gasteiger partial charge in [0.05, 0.1) is 11.8 Å². The van der Waals surface area contributed by atoms with Gasteiger partial charge in [0.15, 0.2) is 11.5 Å². The first-order valence-corrected chi connectivity index (χ1v) is 5.12. The Morgan fingerprint density at radius 1 is 1.50 bits per heavy atom. The molecular formula is C11H16N2O3. The van der Waals surface area contributed by atoms with Crippen molar-refractivity contribution in [1.29, 1.82) is 0 Å². The maximum absolute atomic E-state index is 5.88. The molecule has 0 spiro atoms. The molecular weight excluding hydrogens is 208 g/mol. The number of ether oxygens (including phenoxy) is 3. The average molecular weight is 224 g/mol. The lowest BCUT2D eigenvalue weighted by Crippen LogP contribution is -2.18. The Balaban J connectivity index is 2.31. The number of likely N-dealkylation sites (N-methyl/N-ethyl adjacent to an activating group) is 1. The topological polar surface area (TPSA) is 65.7 Å². The van der Waals surface area contributed by atoms with E-state index >= 15 is 0 Å². The molecule has 0 saturated carbocycles. The summed E-state index contributed by atoms with van der Waals surface area (Å²) in [5.41, 5.74) is 7.45. The number of benzene rings is 1. The van der Waals surface area contributed by atoms with Gasteiger partial charge in [0.2, 0.25) is 6.79 Å². The van der Waals surface area contributed by atoms with E-state index in [0.717, 1.165) is 12.1 Å². The highest BCUT2D eigenvalue weighted by Crippen LogP contribution is 2.40. The second kappa shape index (κ2) is 4.59. The second-order valence-corrected chi connectivity index (χ2v) is 3.63. The number of nitrogen functional groups attached to an aromatic ring is 1. The third-order valence-corrected chi connectivity index (χ3v) is 2.57. The summed E-state index contributed by atoms with van der Waals surface area (Å²) in [5.74, 6) is 1.32. The van der Waals surface area contributed by atoms with Crippen LogP contribution < -0.4 is 20.5 Å². The number of fused-ring (bicyclic) bond motifs is 1. The third-order valence-electron chi connectivity index (χ3n) is 2.57. The molecule has 1 heterocycles. The summed E-state index contributed by atoms with van der Waals surface area (Å²) < 4.78 is 15.9. The first-order valence-electron chi connectivity index (χ1n) is 5.12. The molecule has 88 valence electrons. The maximum Gasteiger partial charge on any atom is 0.231 e. The van der Waals surface area contributed by atoms with Gasteiger partial charge in [0, 0.05) is 13.7 Å². The van der Waals surface area contributed by atoms with Crippen LogP contribution in [0.15, 0.2) is 12.1 Å². The molecule has 3 N–H and O–H groups in total. The quantitative estimate of drug-likeness (QED) is 0.744. The van der Waals surface area contributed by atoms with Gasteiger partial charge in [-0.25, -0.2) is 0 Å². The first kappa shape index (κ1) is 11.0. The molecule has 0 amide bonds. The van der Waals surface area contributed by atoms with E-state index in [1.807, 2.05) is 19.2 Å². The van der Waals surface area contributed by atoms with Crippen LogP contribution in [0.25, 0.3) is 0 Å². The Morgan fingerprint density at radius 3 is 3.00 bits per heavy atom. The van der Waals surface area contributed by atoms with E-state index < -0.39 is 0 Å². The molecule has 1 atom stereocenters. The number of nitrogens with two attached hydrogens (primary N) is 1. The van der Waals surface area contributed by atoms with Gasteiger partial charge in [-0.1, -0.05) is 0 Å². The van der Waals surface area contributed by atoms with Crippen LogP contribution in [0.1, 0.15) is 11.7 Å². The van der Waals surface area contributed by atoms with Crippen molar-refractivity contribution in [3.05, 3.63) is 17.7 Å². The lowest BCUT2D eigenvalue weighted by Gasteiger charge is -2.16. The first-order chi connectivity index (χ1) is 7.76. The van der Waals surface area contributed by atoms with Crippen molar-refractivity contribution in [2.75, 3.05) is 33.2 Å². The molecule has 1 aliphatic rings. The van der Waals surface area contributed by atoms with Crippen molar-refractivity contribution in [2.45, 2.75) is 6.10 Å². The van der Waals surface area contributed by atoms with Crippen LogP contribution in [0.5, 0.6) is 11.5 Å². The molecule has 5 heteroatoms. The molecule has 1 aromatic rings. The van der Waals surface area contributed by atoms with Crippen molar-refractivity contribution in [2.24, 2.45) is 0 Å². The summed E-state index contributed by atoms with van der Waals surface area (Å²) in [6.07, 6.45) is -0.0400. The Kier molecular flexibility index (Phi) is 3.17. The van der Waals surface area contributed by atoms with E-state index in [9.17, 15) is 0 Å². The molecule has 0 fully saturated rings. The van der Waals surface area contributed by atoms with Crippen molar-refractivity contribution >= 4 is 5.69 Å². The summed E-state index contributed by atoms with van der Waals surface area (Å²) in [7, 11) is 3.55. The smallest absolute Gasteiger partial charge is 0.231 e. The second-order valence-electron chi connectivity index (χ2n) is 3.63. The SMILES string of the molecule is CNCC(OC)c1cc(N)c2c(c1)OCO2. The fraction of sp³-hybridized carbons (Fsp3) is 0.455. The highest BCUT2D eigenvalue weighted by Gasteiger charge is 2.20. The predicted molar refractivity (Wildman–Crippen MR) is 60.7 cm³/mol. The Hall–Kier alpha value is -1.46. The molecule has 5 nitrogen and oxygen atoms in total. The number of methoxy groups -OCH3 is 1. The fourth-order valence-corrected chi connectivity index (χ4v) is 1.77. The molecule has 0 radical (unpaired) electrons. The van der Waals surface area contributed by atoms with E-state index in [1.165, 1.54) is 0 Å². The molecule has 1 unspecified atom stereocenters. The largest absolute Gasteiger partial charge is 0.453 e. The van der Waals surface area contributed by atoms with Crippen LogP contribution in [0.3, 0.4) is 0 Å². The van der Waals surface area contributed by atoms with Crippen LogP contribution in [0, 0.1) is 0 Å². The zero-order chi connectivity index (χ0) is 11.5. The number of nitrogens with one attached hydrogen (secondary N) is 1. The van der Waals surface area contributed by atoms with Gasteiger partial charge < -0.3 is 25.3 Å². The Morgan fingerprint density at radius 2 is 2.31 bits per heavy atom. The number of anilines is 1. The lowest BCUT2D eigenvalue weighted by atomic mass is 10.1. The summed E-state index contributed by atoms with van der Waals surface area (Å²) in [4.78, 5) is 0. The van der Waals surface area contributed by atoms with Gasteiger partial charge >= 0.3 is 0 Å². The normalized spacial score (nSPS) is 15.1. The highest BCUT2D eigenvalue weighted by molar-refractivity contribution is 5.63. The van der Waals surface area contributed by atoms with E-state index in [1.54, 1.807) is 7.11 Å². The third kappa shape index (κ3) is 1.91. The average Bonchev–Trinajstić information content (AvgIpc) is 2.74. The Bertz CT molecular complexity index is 382. The molecule has 0 bridgehead atoms. The minimum Gasteiger partial charge on any atom is -0.453 e. The molecule has 16 heavy (non-hydrogen) atoms. The van der Waals surface area contributed by atoms with Crippen LogP contribution in [0.4, 0.5) is 5.69 Å². The molecule has 0 aromatic heterocycles. The van der Waals surface area contributed by atoms with Crippen molar-refractivity contribution < 1.29 is 14.2 Å². The van der Waals surface area contributed by atoms with Crippen LogP contribution in [-0.2, 0) is 4.74 Å². The zero-order valence-electron chi connectivity index (χ0n) is 9.45. The van der Waals surface area contributed by atoms with E-state index in [-0.39, 0.29) is 12.9 Å². The number of hydrogen-bond donors (Lipinski definition) is 2. The summed E-state index contributed by atoms with van der Waals surface area (Å²) in [6.45, 7) is 0.947. The lowest BCUT2D eigenvalue weighted by molar-refractivity contribution is 0.104. The van der Waals surface area contributed by atoms with Gasteiger partial charge in [-0.3, -0.25) is 0 Å². The number of rotatable bonds is 4. The van der Waals surface area contributed by atoms with Crippen LogP contribution in [0.2, 0.25) is 0 Å². The Labute approximate surface area is 94.5 Å². The molecule has 1 aliphatic heterocycles. The monoisotopic (exact) mass is 224 g/mol. The summed E-state index contributed by atoms with van der Waals surface area (Å²) in [5, 5.41) is 3.07.